The Morgan fingerprint density at radius 1 is 1.21 bits per heavy atom. The van der Waals surface area contributed by atoms with Crippen LogP contribution in [0.25, 0.3) is 11.3 Å². The van der Waals surface area contributed by atoms with Crippen molar-refractivity contribution in [2.45, 2.75) is 6.54 Å². The van der Waals surface area contributed by atoms with Crippen LogP contribution < -0.4 is 11.5 Å². The van der Waals surface area contributed by atoms with Gasteiger partial charge < -0.3 is 16.0 Å². The van der Waals surface area contributed by atoms with Crippen LogP contribution in [0, 0.1) is 0 Å². The fraction of sp³-hybridized carbons (Fsp3) is 0.100. The minimum atomic E-state index is 0.298. The van der Waals surface area contributed by atoms with Gasteiger partial charge in [0.05, 0.1) is 5.56 Å². The summed E-state index contributed by atoms with van der Waals surface area (Å²) in [6.07, 6.45) is 0. The summed E-state index contributed by atoms with van der Waals surface area (Å²) in [6.45, 7) is 0.333. The van der Waals surface area contributed by atoms with E-state index in [1.807, 2.05) is 30.3 Å². The van der Waals surface area contributed by atoms with Crippen molar-refractivity contribution in [2.24, 2.45) is 5.73 Å². The van der Waals surface area contributed by atoms with Gasteiger partial charge in [-0.1, -0.05) is 35.5 Å². The quantitative estimate of drug-likeness (QED) is 0.748. The minimum absolute atomic E-state index is 0.298. The molecule has 1 aromatic heterocycles. The Labute approximate surface area is 81.5 Å². The summed E-state index contributed by atoms with van der Waals surface area (Å²) in [7, 11) is 0. The molecule has 0 saturated carbocycles. The summed E-state index contributed by atoms with van der Waals surface area (Å²) in [4.78, 5) is 0. The number of hydrogen-bond acceptors (Lipinski definition) is 4. The normalized spacial score (nSPS) is 10.4. The Balaban J connectivity index is 2.52. The predicted octanol–water partition coefficient (Wildman–Crippen LogP) is 1.38. The van der Waals surface area contributed by atoms with Crippen molar-refractivity contribution in [3.63, 3.8) is 0 Å². The van der Waals surface area contributed by atoms with Crippen LogP contribution in [-0.4, -0.2) is 5.16 Å². The maximum Gasteiger partial charge on any atom is 0.227 e. The van der Waals surface area contributed by atoms with E-state index in [-0.39, 0.29) is 0 Å². The van der Waals surface area contributed by atoms with E-state index < -0.39 is 0 Å². The molecule has 1 aromatic carbocycles. The second-order valence-corrected chi connectivity index (χ2v) is 2.94. The first-order valence-corrected chi connectivity index (χ1v) is 4.32. The van der Waals surface area contributed by atoms with Gasteiger partial charge in [-0.15, -0.1) is 0 Å². The van der Waals surface area contributed by atoms with Gasteiger partial charge in [0.2, 0.25) is 5.88 Å². The molecule has 2 rings (SSSR count). The van der Waals surface area contributed by atoms with Crippen molar-refractivity contribution in [3.8, 4) is 11.3 Å². The van der Waals surface area contributed by atoms with Crippen molar-refractivity contribution in [1.29, 1.82) is 0 Å². The molecule has 72 valence electrons. The van der Waals surface area contributed by atoms with E-state index in [2.05, 4.69) is 5.16 Å². The highest BCUT2D eigenvalue weighted by molar-refractivity contribution is 5.66. The van der Waals surface area contributed by atoms with Crippen molar-refractivity contribution in [1.82, 2.24) is 5.16 Å². The average molecular weight is 189 g/mol. The lowest BCUT2D eigenvalue weighted by Gasteiger charge is -1.97. The van der Waals surface area contributed by atoms with Crippen molar-refractivity contribution in [2.75, 3.05) is 5.73 Å². The van der Waals surface area contributed by atoms with Gasteiger partial charge in [-0.05, 0) is 0 Å². The zero-order valence-electron chi connectivity index (χ0n) is 7.60. The largest absolute Gasteiger partial charge is 0.367 e. The molecule has 4 heteroatoms. The number of hydrogen-bond donors (Lipinski definition) is 2. The van der Waals surface area contributed by atoms with Crippen molar-refractivity contribution >= 4 is 5.88 Å². The first-order valence-electron chi connectivity index (χ1n) is 4.32. The fourth-order valence-electron chi connectivity index (χ4n) is 1.34. The van der Waals surface area contributed by atoms with E-state index >= 15 is 0 Å². The molecule has 0 amide bonds. The average Bonchev–Trinajstić information content (AvgIpc) is 2.61. The molecule has 0 unspecified atom stereocenters. The van der Waals surface area contributed by atoms with Crippen LogP contribution >= 0.6 is 0 Å². The Kier molecular flexibility index (Phi) is 2.20. The molecule has 14 heavy (non-hydrogen) atoms. The Morgan fingerprint density at radius 2 is 1.93 bits per heavy atom. The number of aromatic nitrogens is 1. The van der Waals surface area contributed by atoms with Gasteiger partial charge in [-0.3, -0.25) is 0 Å². The molecule has 0 atom stereocenters. The molecular weight excluding hydrogens is 178 g/mol. The number of benzene rings is 1. The van der Waals surface area contributed by atoms with Crippen molar-refractivity contribution in [3.05, 3.63) is 35.9 Å². The van der Waals surface area contributed by atoms with Gasteiger partial charge in [-0.2, -0.15) is 0 Å². The summed E-state index contributed by atoms with van der Waals surface area (Å²) in [5.74, 6) is 0.298. The van der Waals surface area contributed by atoms with Crippen LogP contribution in [0.3, 0.4) is 0 Å². The highest BCUT2D eigenvalue weighted by atomic mass is 16.5. The van der Waals surface area contributed by atoms with E-state index in [9.17, 15) is 0 Å². The summed E-state index contributed by atoms with van der Waals surface area (Å²) in [6, 6.07) is 9.68. The van der Waals surface area contributed by atoms with Crippen LogP contribution in [-0.2, 0) is 6.54 Å². The summed E-state index contributed by atoms with van der Waals surface area (Å²) in [5, 5.41) is 3.88. The SMILES string of the molecule is NCc1c(-c2ccccc2)noc1N. The highest BCUT2D eigenvalue weighted by Crippen LogP contribution is 2.25. The number of nitrogens with zero attached hydrogens (tertiary/aromatic N) is 1. The third kappa shape index (κ3) is 1.36. The molecule has 2 aromatic rings. The second-order valence-electron chi connectivity index (χ2n) is 2.94. The third-order valence-corrected chi connectivity index (χ3v) is 2.07. The predicted molar refractivity (Wildman–Crippen MR) is 54.2 cm³/mol. The molecule has 1 heterocycles. The zero-order chi connectivity index (χ0) is 9.97. The molecule has 0 fully saturated rings. The standard InChI is InChI=1S/C10H11N3O/c11-6-8-9(13-14-10(8)12)7-4-2-1-3-5-7/h1-5H,6,11-12H2. The molecule has 0 aliphatic rings. The van der Waals surface area contributed by atoms with E-state index in [0.717, 1.165) is 16.8 Å². The molecule has 4 nitrogen and oxygen atoms in total. The van der Waals surface area contributed by atoms with Gasteiger partial charge >= 0.3 is 0 Å². The minimum Gasteiger partial charge on any atom is -0.367 e. The fourth-order valence-corrected chi connectivity index (χ4v) is 1.34. The zero-order valence-corrected chi connectivity index (χ0v) is 7.60. The third-order valence-electron chi connectivity index (χ3n) is 2.07. The number of nitrogens with two attached hydrogens (primary N) is 2. The monoisotopic (exact) mass is 189 g/mol. The molecule has 0 aliphatic carbocycles. The van der Waals surface area contributed by atoms with Gasteiger partial charge in [-0.25, -0.2) is 0 Å². The molecular formula is C10H11N3O. The van der Waals surface area contributed by atoms with E-state index in [1.165, 1.54) is 0 Å². The first kappa shape index (κ1) is 8.77. The lowest BCUT2D eigenvalue weighted by Crippen LogP contribution is -2.00. The molecule has 0 aliphatic heterocycles. The Bertz CT molecular complexity index is 422. The lowest BCUT2D eigenvalue weighted by atomic mass is 10.1. The Morgan fingerprint density at radius 3 is 2.57 bits per heavy atom. The molecule has 4 N–H and O–H groups in total. The first-order chi connectivity index (χ1) is 6.83. The van der Waals surface area contributed by atoms with Gasteiger partial charge in [0, 0.05) is 12.1 Å². The summed E-state index contributed by atoms with van der Waals surface area (Å²) < 4.78 is 4.89. The number of nitrogen functional groups attached to an aromatic ring is 1. The van der Waals surface area contributed by atoms with Crippen LogP contribution in [0.4, 0.5) is 5.88 Å². The van der Waals surface area contributed by atoms with E-state index in [0.29, 0.717) is 12.4 Å². The molecule has 0 spiro atoms. The van der Waals surface area contributed by atoms with Gasteiger partial charge in [0.1, 0.15) is 5.69 Å². The van der Waals surface area contributed by atoms with Gasteiger partial charge in [0.25, 0.3) is 0 Å². The lowest BCUT2D eigenvalue weighted by molar-refractivity contribution is 0.438. The van der Waals surface area contributed by atoms with Crippen LogP contribution in [0.15, 0.2) is 34.9 Å². The van der Waals surface area contributed by atoms with Crippen molar-refractivity contribution < 1.29 is 4.52 Å². The van der Waals surface area contributed by atoms with Crippen LogP contribution in [0.1, 0.15) is 5.56 Å². The van der Waals surface area contributed by atoms with Crippen LogP contribution in [0.2, 0.25) is 0 Å². The van der Waals surface area contributed by atoms with Gasteiger partial charge in [0.15, 0.2) is 0 Å². The highest BCUT2D eigenvalue weighted by Gasteiger charge is 2.12. The number of anilines is 1. The summed E-state index contributed by atoms with van der Waals surface area (Å²) in [5.41, 5.74) is 13.6. The smallest absolute Gasteiger partial charge is 0.227 e. The molecule has 0 bridgehead atoms. The maximum atomic E-state index is 5.58. The molecule has 0 saturated heterocycles. The van der Waals surface area contributed by atoms with E-state index in [1.54, 1.807) is 0 Å². The summed E-state index contributed by atoms with van der Waals surface area (Å²) >= 11 is 0. The number of rotatable bonds is 2. The maximum absolute atomic E-state index is 5.58. The Hall–Kier alpha value is -1.81. The second kappa shape index (κ2) is 3.51. The van der Waals surface area contributed by atoms with E-state index in [4.69, 9.17) is 16.0 Å². The topological polar surface area (TPSA) is 78.1 Å². The van der Waals surface area contributed by atoms with Crippen LogP contribution in [0.5, 0.6) is 0 Å². The molecule has 0 radical (unpaired) electrons.